The van der Waals surface area contributed by atoms with Crippen molar-refractivity contribution >= 4 is 11.7 Å². The quantitative estimate of drug-likeness (QED) is 0.818. The maximum atomic E-state index is 12.9. The number of carbonyl (C=O) groups excluding carboxylic acids is 1. The third kappa shape index (κ3) is 3.16. The van der Waals surface area contributed by atoms with Gasteiger partial charge < -0.3 is 14.7 Å². The average molecular weight is 265 g/mol. The molecule has 0 spiro atoms. The highest BCUT2D eigenvalue weighted by atomic mass is 19.1. The summed E-state index contributed by atoms with van der Waals surface area (Å²) in [6.07, 6.45) is 0. The summed E-state index contributed by atoms with van der Waals surface area (Å²) < 4.78 is 12.9. The normalized spacial score (nSPS) is 15.5. The topological polar surface area (TPSA) is 26.8 Å². The first-order valence-corrected chi connectivity index (χ1v) is 6.62. The zero-order valence-corrected chi connectivity index (χ0v) is 11.5. The molecule has 2 amide bonds. The molecule has 0 atom stereocenters. The molecule has 0 aromatic heterocycles. The number of urea groups is 1. The minimum atomic E-state index is -0.220. The van der Waals surface area contributed by atoms with E-state index in [1.54, 1.807) is 17.0 Å². The predicted molar refractivity (Wildman–Crippen MR) is 73.9 cm³/mol. The molecule has 1 saturated heterocycles. The number of benzene rings is 1. The second-order valence-corrected chi connectivity index (χ2v) is 4.75. The first-order valence-electron chi connectivity index (χ1n) is 6.62. The van der Waals surface area contributed by atoms with E-state index in [4.69, 9.17) is 0 Å². The third-order valence-electron chi connectivity index (χ3n) is 3.54. The Balaban J connectivity index is 1.92. The van der Waals surface area contributed by atoms with Gasteiger partial charge in [0.25, 0.3) is 0 Å². The Bertz CT molecular complexity index is 427. The second-order valence-electron chi connectivity index (χ2n) is 4.75. The van der Waals surface area contributed by atoms with Gasteiger partial charge in [-0.1, -0.05) is 0 Å². The zero-order chi connectivity index (χ0) is 13.8. The Labute approximate surface area is 113 Å². The van der Waals surface area contributed by atoms with Gasteiger partial charge >= 0.3 is 6.03 Å². The number of anilines is 1. The van der Waals surface area contributed by atoms with Gasteiger partial charge in [-0.3, -0.25) is 0 Å². The van der Waals surface area contributed by atoms with Crippen LogP contribution in [0.15, 0.2) is 24.3 Å². The Morgan fingerprint density at radius 2 is 1.79 bits per heavy atom. The van der Waals surface area contributed by atoms with E-state index in [9.17, 15) is 9.18 Å². The maximum Gasteiger partial charge on any atom is 0.319 e. The fourth-order valence-electron chi connectivity index (χ4n) is 2.18. The van der Waals surface area contributed by atoms with Gasteiger partial charge in [-0.15, -0.1) is 0 Å². The third-order valence-corrected chi connectivity index (χ3v) is 3.54. The SMILES string of the molecule is CCN(C)C(=O)N1CCN(c2ccc(F)cc2)CC1. The lowest BCUT2D eigenvalue weighted by molar-refractivity contribution is 0.161. The van der Waals surface area contributed by atoms with Crippen molar-refractivity contribution in [1.29, 1.82) is 0 Å². The molecule has 1 aromatic rings. The lowest BCUT2D eigenvalue weighted by Gasteiger charge is -2.37. The molecule has 19 heavy (non-hydrogen) atoms. The Kier molecular flexibility index (Phi) is 4.24. The van der Waals surface area contributed by atoms with Crippen molar-refractivity contribution in [3.63, 3.8) is 0 Å². The van der Waals surface area contributed by atoms with Gasteiger partial charge in [0.1, 0.15) is 5.82 Å². The summed E-state index contributed by atoms with van der Waals surface area (Å²) in [4.78, 5) is 17.8. The molecule has 0 radical (unpaired) electrons. The summed E-state index contributed by atoms with van der Waals surface area (Å²) in [5.74, 6) is -0.220. The standard InChI is InChI=1S/C14H20FN3O/c1-3-16(2)14(19)18-10-8-17(9-11-18)13-6-4-12(15)5-7-13/h4-7H,3,8-11H2,1-2H3. The lowest BCUT2D eigenvalue weighted by Crippen LogP contribution is -2.52. The van der Waals surface area contributed by atoms with E-state index in [0.717, 1.165) is 25.3 Å². The minimum absolute atomic E-state index is 0.0845. The number of rotatable bonds is 2. The molecule has 4 nitrogen and oxygen atoms in total. The molecule has 0 bridgehead atoms. The smallest absolute Gasteiger partial charge is 0.319 e. The fraction of sp³-hybridized carbons (Fsp3) is 0.500. The van der Waals surface area contributed by atoms with E-state index in [2.05, 4.69) is 4.90 Å². The van der Waals surface area contributed by atoms with Crippen LogP contribution >= 0.6 is 0 Å². The summed E-state index contributed by atoms with van der Waals surface area (Å²) in [6.45, 7) is 5.68. The van der Waals surface area contributed by atoms with Crippen molar-refractivity contribution in [3.05, 3.63) is 30.1 Å². The molecule has 0 N–H and O–H groups in total. The van der Waals surface area contributed by atoms with Crippen LogP contribution in [0.5, 0.6) is 0 Å². The van der Waals surface area contributed by atoms with Crippen molar-refractivity contribution in [2.45, 2.75) is 6.92 Å². The van der Waals surface area contributed by atoms with Crippen molar-refractivity contribution in [2.24, 2.45) is 0 Å². The lowest BCUT2D eigenvalue weighted by atomic mass is 10.2. The van der Waals surface area contributed by atoms with Gasteiger partial charge in [0.15, 0.2) is 0 Å². The van der Waals surface area contributed by atoms with Crippen LogP contribution in [-0.4, -0.2) is 55.6 Å². The summed E-state index contributed by atoms with van der Waals surface area (Å²) in [7, 11) is 1.81. The summed E-state index contributed by atoms with van der Waals surface area (Å²) in [5, 5.41) is 0. The molecule has 1 aromatic carbocycles. The maximum absolute atomic E-state index is 12.9. The van der Waals surface area contributed by atoms with Crippen LogP contribution in [0.1, 0.15) is 6.92 Å². The van der Waals surface area contributed by atoms with Crippen LogP contribution in [-0.2, 0) is 0 Å². The number of halogens is 1. The molecule has 0 saturated carbocycles. The van der Waals surface area contributed by atoms with Gasteiger partial charge in [0.05, 0.1) is 0 Å². The van der Waals surface area contributed by atoms with E-state index in [-0.39, 0.29) is 11.8 Å². The van der Waals surface area contributed by atoms with Crippen molar-refractivity contribution in [2.75, 3.05) is 44.7 Å². The molecule has 1 aliphatic rings. The van der Waals surface area contributed by atoms with Crippen LogP contribution in [0.25, 0.3) is 0 Å². The highest BCUT2D eigenvalue weighted by molar-refractivity contribution is 5.74. The molecule has 104 valence electrons. The number of hydrogen-bond acceptors (Lipinski definition) is 2. The van der Waals surface area contributed by atoms with Gasteiger partial charge in [-0.05, 0) is 31.2 Å². The number of hydrogen-bond donors (Lipinski definition) is 0. The van der Waals surface area contributed by atoms with Crippen LogP contribution < -0.4 is 4.90 Å². The van der Waals surface area contributed by atoms with E-state index in [1.807, 2.05) is 18.9 Å². The van der Waals surface area contributed by atoms with Crippen molar-refractivity contribution < 1.29 is 9.18 Å². The fourth-order valence-corrected chi connectivity index (χ4v) is 2.18. The minimum Gasteiger partial charge on any atom is -0.368 e. The highest BCUT2D eigenvalue weighted by Gasteiger charge is 2.22. The van der Waals surface area contributed by atoms with Crippen molar-refractivity contribution in [1.82, 2.24) is 9.80 Å². The van der Waals surface area contributed by atoms with E-state index in [1.165, 1.54) is 12.1 Å². The van der Waals surface area contributed by atoms with Gasteiger partial charge in [-0.2, -0.15) is 0 Å². The molecule has 2 rings (SSSR count). The van der Waals surface area contributed by atoms with Gasteiger partial charge in [-0.25, -0.2) is 9.18 Å². The van der Waals surface area contributed by atoms with Crippen LogP contribution in [0.3, 0.4) is 0 Å². The average Bonchev–Trinajstić information content (AvgIpc) is 2.46. The molecule has 5 heteroatoms. The van der Waals surface area contributed by atoms with Crippen molar-refractivity contribution in [3.8, 4) is 0 Å². The molecule has 1 aliphatic heterocycles. The van der Waals surface area contributed by atoms with Gasteiger partial charge in [0.2, 0.25) is 0 Å². The first kappa shape index (κ1) is 13.6. The molecule has 1 fully saturated rings. The zero-order valence-electron chi connectivity index (χ0n) is 11.5. The number of nitrogens with zero attached hydrogens (tertiary/aromatic N) is 3. The highest BCUT2D eigenvalue weighted by Crippen LogP contribution is 2.17. The van der Waals surface area contributed by atoms with Crippen LogP contribution in [0, 0.1) is 5.82 Å². The molecule has 1 heterocycles. The predicted octanol–water partition coefficient (Wildman–Crippen LogP) is 2.02. The van der Waals surface area contributed by atoms with Crippen LogP contribution in [0.2, 0.25) is 0 Å². The molecule has 0 unspecified atom stereocenters. The van der Waals surface area contributed by atoms with E-state index < -0.39 is 0 Å². The molecule has 0 aliphatic carbocycles. The Morgan fingerprint density at radius 3 is 2.32 bits per heavy atom. The van der Waals surface area contributed by atoms with Crippen LogP contribution in [0.4, 0.5) is 14.9 Å². The Morgan fingerprint density at radius 1 is 1.21 bits per heavy atom. The summed E-state index contributed by atoms with van der Waals surface area (Å²) in [6, 6.07) is 6.59. The number of piperazine rings is 1. The molecular formula is C14H20FN3O. The second kappa shape index (κ2) is 5.91. The Hall–Kier alpha value is -1.78. The largest absolute Gasteiger partial charge is 0.368 e. The number of carbonyl (C=O) groups is 1. The van der Waals surface area contributed by atoms with Gasteiger partial charge in [0, 0.05) is 45.5 Å². The summed E-state index contributed by atoms with van der Waals surface area (Å²) >= 11 is 0. The first-order chi connectivity index (χ1) is 9.11. The monoisotopic (exact) mass is 265 g/mol. The van der Waals surface area contributed by atoms with E-state index in [0.29, 0.717) is 13.1 Å². The van der Waals surface area contributed by atoms with E-state index >= 15 is 0 Å². The summed E-state index contributed by atoms with van der Waals surface area (Å²) in [5.41, 5.74) is 1.01. The number of amides is 2. The molecular weight excluding hydrogens is 245 g/mol.